The fourth-order valence-corrected chi connectivity index (χ4v) is 3.21. The number of aliphatic carboxylic acids is 1. The Hall–Kier alpha value is -1.07. The van der Waals surface area contributed by atoms with Crippen molar-refractivity contribution in [2.45, 2.75) is 39.7 Å². The predicted octanol–water partition coefficient (Wildman–Crippen LogP) is 2.32. The molecule has 2 rings (SSSR count). The number of carboxylic acid groups (broad SMARTS) is 1. The largest absolute Gasteiger partial charge is 0.481 e. The van der Waals surface area contributed by atoms with Crippen molar-refractivity contribution >= 4 is 17.6 Å². The normalized spacial score (nSPS) is 24.0. The lowest BCUT2D eigenvalue weighted by Crippen LogP contribution is -2.45. The maximum absolute atomic E-state index is 11.4. The summed E-state index contributed by atoms with van der Waals surface area (Å²) in [5.74, 6) is -0.715. The van der Waals surface area contributed by atoms with E-state index in [0.29, 0.717) is 13.1 Å². The Balaban J connectivity index is 2.14. The van der Waals surface area contributed by atoms with Gasteiger partial charge < -0.3 is 5.11 Å². The van der Waals surface area contributed by atoms with Gasteiger partial charge in [0.2, 0.25) is 0 Å². The summed E-state index contributed by atoms with van der Waals surface area (Å²) in [5.41, 5.74) is 1.22. The van der Waals surface area contributed by atoms with Gasteiger partial charge in [0, 0.05) is 20.1 Å². The van der Waals surface area contributed by atoms with Gasteiger partial charge in [0.05, 0.1) is 21.8 Å². The van der Waals surface area contributed by atoms with Gasteiger partial charge in [-0.05, 0) is 32.7 Å². The molecule has 0 spiro atoms. The van der Waals surface area contributed by atoms with Crippen LogP contribution >= 0.6 is 11.6 Å². The number of carboxylic acids is 1. The van der Waals surface area contributed by atoms with Gasteiger partial charge in [-0.3, -0.25) is 14.4 Å². The fourth-order valence-electron chi connectivity index (χ4n) is 2.86. The lowest BCUT2D eigenvalue weighted by Gasteiger charge is -2.37. The first kappa shape index (κ1) is 15.3. The van der Waals surface area contributed by atoms with Crippen molar-refractivity contribution in [1.82, 2.24) is 14.7 Å². The second-order valence-electron chi connectivity index (χ2n) is 5.86. The molecule has 112 valence electrons. The van der Waals surface area contributed by atoms with E-state index in [2.05, 4.69) is 10.00 Å². The molecule has 0 bridgehead atoms. The zero-order chi connectivity index (χ0) is 14.9. The van der Waals surface area contributed by atoms with Crippen LogP contribution in [0.5, 0.6) is 0 Å². The smallest absolute Gasteiger partial charge is 0.310 e. The minimum Gasteiger partial charge on any atom is -0.481 e. The molecular weight excluding hydrogens is 278 g/mol. The van der Waals surface area contributed by atoms with Crippen molar-refractivity contribution in [3.63, 3.8) is 0 Å². The van der Waals surface area contributed by atoms with E-state index in [9.17, 15) is 9.90 Å². The maximum atomic E-state index is 11.4. The highest BCUT2D eigenvalue weighted by Crippen LogP contribution is 2.31. The van der Waals surface area contributed by atoms with Gasteiger partial charge in [-0.15, -0.1) is 0 Å². The van der Waals surface area contributed by atoms with Crippen molar-refractivity contribution in [3.8, 4) is 0 Å². The van der Waals surface area contributed by atoms with Crippen molar-refractivity contribution < 1.29 is 9.90 Å². The first-order valence-corrected chi connectivity index (χ1v) is 7.41. The number of hydrogen-bond donors (Lipinski definition) is 1. The first-order valence-electron chi connectivity index (χ1n) is 7.03. The Morgan fingerprint density at radius 2 is 2.25 bits per heavy atom. The molecule has 0 saturated carbocycles. The number of hydrogen-bond acceptors (Lipinski definition) is 3. The Labute approximate surface area is 124 Å². The molecule has 0 radical (unpaired) electrons. The first-order chi connectivity index (χ1) is 9.37. The highest BCUT2D eigenvalue weighted by atomic mass is 35.5. The molecule has 1 atom stereocenters. The molecular formula is C14H22ClN3O2. The molecule has 0 amide bonds. The molecule has 6 heteroatoms. The van der Waals surface area contributed by atoms with Gasteiger partial charge in [0.1, 0.15) is 0 Å². The third kappa shape index (κ3) is 2.83. The van der Waals surface area contributed by atoms with Crippen LogP contribution in [0.15, 0.2) is 0 Å². The monoisotopic (exact) mass is 299 g/mol. The summed E-state index contributed by atoms with van der Waals surface area (Å²) in [4.78, 5) is 13.6. The minimum atomic E-state index is -0.715. The van der Waals surface area contributed by atoms with E-state index in [1.807, 2.05) is 25.6 Å². The summed E-state index contributed by atoms with van der Waals surface area (Å²) < 4.78 is 1.81. The molecule has 5 nitrogen and oxygen atoms in total. The molecule has 20 heavy (non-hydrogen) atoms. The van der Waals surface area contributed by atoms with Crippen LogP contribution in [0.4, 0.5) is 0 Å². The van der Waals surface area contributed by atoms with Crippen molar-refractivity contribution in [1.29, 1.82) is 0 Å². The maximum Gasteiger partial charge on any atom is 0.310 e. The lowest BCUT2D eigenvalue weighted by atomic mass is 9.82. The van der Waals surface area contributed by atoms with E-state index in [1.54, 1.807) is 0 Å². The summed E-state index contributed by atoms with van der Waals surface area (Å²) in [5, 5.41) is 14.5. The Morgan fingerprint density at radius 1 is 1.55 bits per heavy atom. The Kier molecular flexibility index (Phi) is 4.39. The highest BCUT2D eigenvalue weighted by molar-refractivity contribution is 6.31. The minimum absolute atomic E-state index is 0.561. The van der Waals surface area contributed by atoms with Gasteiger partial charge in [0.15, 0.2) is 0 Å². The highest BCUT2D eigenvalue weighted by Gasteiger charge is 2.38. The van der Waals surface area contributed by atoms with Crippen molar-refractivity contribution in [2.75, 3.05) is 13.1 Å². The number of aromatic nitrogens is 2. The zero-order valence-electron chi connectivity index (χ0n) is 12.3. The molecule has 1 aromatic heterocycles. The van der Waals surface area contributed by atoms with E-state index in [1.165, 1.54) is 0 Å². The second-order valence-corrected chi connectivity index (χ2v) is 6.24. The van der Waals surface area contributed by atoms with Gasteiger partial charge in [-0.25, -0.2) is 0 Å². The van der Waals surface area contributed by atoms with E-state index < -0.39 is 11.4 Å². The number of rotatable bonds is 4. The zero-order valence-corrected chi connectivity index (χ0v) is 13.1. The fraction of sp³-hybridized carbons (Fsp3) is 0.714. The summed E-state index contributed by atoms with van der Waals surface area (Å²) in [6.45, 7) is 5.98. The molecule has 1 aliphatic rings. The quantitative estimate of drug-likeness (QED) is 0.927. The van der Waals surface area contributed by atoms with Gasteiger partial charge in [0.25, 0.3) is 0 Å². The number of halogens is 1. The number of likely N-dealkylation sites (tertiary alicyclic amines) is 1. The topological polar surface area (TPSA) is 58.4 Å². The van der Waals surface area contributed by atoms with E-state index in [4.69, 9.17) is 11.6 Å². The molecule has 0 aromatic carbocycles. The number of piperidine rings is 1. The number of nitrogens with zero attached hydrogens (tertiary/aromatic N) is 3. The average Bonchev–Trinajstić information content (AvgIpc) is 2.66. The molecule has 0 aliphatic carbocycles. The molecule has 2 heterocycles. The van der Waals surface area contributed by atoms with Crippen molar-refractivity contribution in [3.05, 3.63) is 16.4 Å². The Morgan fingerprint density at radius 3 is 2.80 bits per heavy atom. The van der Waals surface area contributed by atoms with E-state index in [-0.39, 0.29) is 0 Å². The van der Waals surface area contributed by atoms with Crippen LogP contribution in [-0.4, -0.2) is 38.8 Å². The number of carbonyl (C=O) groups is 1. The van der Waals surface area contributed by atoms with Crippen LogP contribution in [0.1, 0.15) is 38.1 Å². The van der Waals surface area contributed by atoms with Crippen LogP contribution in [-0.2, 0) is 24.8 Å². The summed E-state index contributed by atoms with van der Waals surface area (Å²) in [6, 6.07) is 0. The standard InChI is InChI=1S/C14H22ClN3O2/c1-4-10-12(15)11(17(3)16-10)8-18-7-5-6-14(2,9-18)13(19)20/h4-9H2,1-3H3,(H,19,20). The van der Waals surface area contributed by atoms with Crippen LogP contribution < -0.4 is 0 Å². The molecule has 1 aromatic rings. The van der Waals surface area contributed by atoms with E-state index >= 15 is 0 Å². The molecule has 1 saturated heterocycles. The van der Waals surface area contributed by atoms with E-state index in [0.717, 1.165) is 42.2 Å². The number of aryl methyl sites for hydroxylation is 2. The van der Waals surface area contributed by atoms with Crippen LogP contribution in [0.2, 0.25) is 5.02 Å². The van der Waals surface area contributed by atoms with Gasteiger partial charge in [-0.1, -0.05) is 18.5 Å². The van der Waals surface area contributed by atoms with Gasteiger partial charge >= 0.3 is 5.97 Å². The predicted molar refractivity (Wildman–Crippen MR) is 77.8 cm³/mol. The molecule has 1 unspecified atom stereocenters. The average molecular weight is 300 g/mol. The summed E-state index contributed by atoms with van der Waals surface area (Å²) >= 11 is 6.36. The third-order valence-corrected chi connectivity index (χ3v) is 4.60. The van der Waals surface area contributed by atoms with Crippen LogP contribution in [0.3, 0.4) is 0 Å². The molecule has 1 aliphatic heterocycles. The molecule has 1 fully saturated rings. The SMILES string of the molecule is CCc1nn(C)c(CN2CCCC(C)(C(=O)O)C2)c1Cl. The summed E-state index contributed by atoms with van der Waals surface area (Å²) in [6.07, 6.45) is 2.44. The Bertz CT molecular complexity index is 515. The van der Waals surface area contributed by atoms with Crippen molar-refractivity contribution in [2.24, 2.45) is 12.5 Å². The third-order valence-electron chi connectivity index (χ3n) is 4.17. The van der Waals surface area contributed by atoms with Crippen LogP contribution in [0.25, 0.3) is 0 Å². The molecule has 1 N–H and O–H groups in total. The van der Waals surface area contributed by atoms with Gasteiger partial charge in [-0.2, -0.15) is 5.10 Å². The lowest BCUT2D eigenvalue weighted by molar-refractivity contribution is -0.151. The summed E-state index contributed by atoms with van der Waals surface area (Å²) in [7, 11) is 1.89. The van der Waals surface area contributed by atoms with Crippen LogP contribution in [0, 0.1) is 5.41 Å². The second kappa shape index (κ2) is 5.74.